The third-order valence-corrected chi connectivity index (χ3v) is 0.911. The largest absolute Gasteiger partial charge is 0.202 e. The van der Waals surface area contributed by atoms with Crippen molar-refractivity contribution in [3.8, 4) is 0 Å². The van der Waals surface area contributed by atoms with Crippen LogP contribution in [0.4, 0.5) is 0 Å². The maximum Gasteiger partial charge on any atom is 0.0489 e. The second-order valence-electron chi connectivity index (χ2n) is 1.82. The first-order valence-electron chi connectivity index (χ1n) is 2.52. The molecule has 0 saturated carbocycles. The first-order valence-corrected chi connectivity index (χ1v) is 2.52. The van der Waals surface area contributed by atoms with Crippen LogP contribution < -0.4 is 0 Å². The van der Waals surface area contributed by atoms with E-state index in [4.69, 9.17) is 0 Å². The topological polar surface area (TPSA) is 12.9 Å². The summed E-state index contributed by atoms with van der Waals surface area (Å²) in [5.74, 6) is 0. The third kappa shape index (κ3) is 0.974. The first-order chi connectivity index (χ1) is 3.79. The average molecular weight is 105 g/mol. The van der Waals surface area contributed by atoms with Crippen molar-refractivity contribution in [1.29, 1.82) is 0 Å². The van der Waals surface area contributed by atoms with Crippen molar-refractivity contribution in [2.75, 3.05) is 0 Å². The second kappa shape index (κ2) is 1.83. The second-order valence-corrected chi connectivity index (χ2v) is 1.82. The normalized spacial score (nSPS) is 8.25. The highest BCUT2D eigenvalue weighted by atomic mass is 14.6. The molecule has 0 atom stereocenters. The molecule has 1 rings (SSSR count). The van der Waals surface area contributed by atoms with Crippen molar-refractivity contribution in [2.24, 2.45) is 0 Å². The molecular formula is C7H7N. The molecule has 0 aromatic carbocycles. The van der Waals surface area contributed by atoms with E-state index in [1.165, 1.54) is 0 Å². The highest BCUT2D eigenvalue weighted by Crippen LogP contribution is 1.91. The lowest BCUT2D eigenvalue weighted by atomic mass is 10.3. The Labute approximate surface area is 49.4 Å². The van der Waals surface area contributed by atoms with E-state index in [0.717, 1.165) is 11.3 Å². The molecule has 0 aliphatic heterocycles. The predicted octanol–water partition coefficient (Wildman–Crippen LogP) is 1.30. The average Bonchev–Trinajstić information content (AvgIpc) is 1.64. The number of rotatable bonds is 0. The van der Waals surface area contributed by atoms with Crippen LogP contribution in [0, 0.1) is 26.1 Å². The van der Waals surface area contributed by atoms with Gasteiger partial charge >= 0.3 is 0 Å². The van der Waals surface area contributed by atoms with Crippen molar-refractivity contribution < 1.29 is 0 Å². The van der Waals surface area contributed by atoms with Gasteiger partial charge in [-0.3, -0.25) is 0 Å². The number of hydrogen-bond acceptors (Lipinski definition) is 1. The van der Waals surface area contributed by atoms with Crippen LogP contribution in [0.5, 0.6) is 0 Å². The molecular weight excluding hydrogens is 98.1 g/mol. The fraction of sp³-hybridized carbons (Fsp3) is 0.286. The molecule has 0 aliphatic carbocycles. The van der Waals surface area contributed by atoms with Crippen LogP contribution in [-0.2, 0) is 0 Å². The standard InChI is InChI=1S/C7H7N/c1-6-3-4-8-7(2)5-6/h5H,1-2H3. The zero-order chi connectivity index (χ0) is 5.98. The maximum absolute atomic E-state index is 3.86. The van der Waals surface area contributed by atoms with Gasteiger partial charge in [-0.15, -0.1) is 0 Å². The van der Waals surface area contributed by atoms with Gasteiger partial charge in [0, 0.05) is 17.5 Å². The van der Waals surface area contributed by atoms with Crippen molar-refractivity contribution in [3.05, 3.63) is 29.6 Å². The van der Waals surface area contributed by atoms with Gasteiger partial charge < -0.3 is 0 Å². The molecule has 1 heterocycles. The van der Waals surface area contributed by atoms with Gasteiger partial charge in [0.25, 0.3) is 0 Å². The van der Waals surface area contributed by atoms with Gasteiger partial charge in [-0.05, 0) is 26.0 Å². The Hall–Kier alpha value is -1.03. The Balaban J connectivity index is 3.08. The summed E-state index contributed by atoms with van der Waals surface area (Å²) in [6, 6.07) is 4.80. The molecule has 0 unspecified atom stereocenters. The molecule has 1 heteroatoms. The summed E-state index contributed by atoms with van der Waals surface area (Å²) < 4.78 is 0. The van der Waals surface area contributed by atoms with Crippen molar-refractivity contribution in [2.45, 2.75) is 13.8 Å². The van der Waals surface area contributed by atoms with Crippen molar-refractivity contribution in [3.63, 3.8) is 0 Å². The lowest BCUT2D eigenvalue weighted by Gasteiger charge is -1.83. The molecule has 0 radical (unpaired) electrons. The molecule has 0 bridgehead atoms. The minimum absolute atomic E-state index is 1.00. The Morgan fingerprint density at radius 1 is 1.50 bits per heavy atom. The quantitative estimate of drug-likeness (QED) is 0.484. The molecule has 40 valence electrons. The Kier molecular flexibility index (Phi) is 1.17. The minimum atomic E-state index is 1.00. The van der Waals surface area contributed by atoms with E-state index in [0.29, 0.717) is 0 Å². The molecule has 0 saturated heterocycles. The maximum atomic E-state index is 3.86. The van der Waals surface area contributed by atoms with Gasteiger partial charge in [0.2, 0.25) is 0 Å². The minimum Gasteiger partial charge on any atom is -0.202 e. The van der Waals surface area contributed by atoms with Crippen LogP contribution in [0.25, 0.3) is 0 Å². The monoisotopic (exact) mass is 105 g/mol. The van der Waals surface area contributed by atoms with Crippen LogP contribution in [0.15, 0.2) is 6.07 Å². The van der Waals surface area contributed by atoms with Crippen molar-refractivity contribution >= 4 is 0 Å². The van der Waals surface area contributed by atoms with Crippen molar-refractivity contribution in [1.82, 2.24) is 4.98 Å². The van der Waals surface area contributed by atoms with Crippen LogP contribution >= 0.6 is 0 Å². The van der Waals surface area contributed by atoms with Gasteiger partial charge in [0.15, 0.2) is 0 Å². The highest BCUT2D eigenvalue weighted by molar-refractivity contribution is 5.07. The van der Waals surface area contributed by atoms with Gasteiger partial charge in [-0.1, -0.05) is 0 Å². The zero-order valence-electron chi connectivity index (χ0n) is 5.02. The molecule has 0 amide bonds. The van der Waals surface area contributed by atoms with E-state index >= 15 is 0 Å². The van der Waals surface area contributed by atoms with E-state index in [9.17, 15) is 0 Å². The number of aromatic nitrogens is 1. The van der Waals surface area contributed by atoms with E-state index in [-0.39, 0.29) is 0 Å². The highest BCUT2D eigenvalue weighted by Gasteiger charge is 1.80. The van der Waals surface area contributed by atoms with Gasteiger partial charge in [0.05, 0.1) is 0 Å². The van der Waals surface area contributed by atoms with E-state index < -0.39 is 0 Å². The van der Waals surface area contributed by atoms with E-state index in [2.05, 4.69) is 17.2 Å². The summed E-state index contributed by atoms with van der Waals surface area (Å²) in [4.78, 5) is 3.86. The molecule has 1 aromatic rings. The number of nitrogens with zero attached hydrogens (tertiary/aromatic N) is 1. The molecule has 8 heavy (non-hydrogen) atoms. The summed E-state index contributed by atoms with van der Waals surface area (Å²) in [7, 11) is 0. The Morgan fingerprint density at radius 2 is 2.25 bits per heavy atom. The summed E-state index contributed by atoms with van der Waals surface area (Å²) >= 11 is 0. The van der Waals surface area contributed by atoms with Crippen LogP contribution in [0.3, 0.4) is 0 Å². The van der Waals surface area contributed by atoms with Gasteiger partial charge in [0.1, 0.15) is 0 Å². The number of hydrogen-bond donors (Lipinski definition) is 0. The number of aryl methyl sites for hydroxylation is 2. The lowest BCUT2D eigenvalue weighted by molar-refractivity contribution is 1.19. The van der Waals surface area contributed by atoms with Gasteiger partial charge in [-0.2, -0.15) is 0 Å². The van der Waals surface area contributed by atoms with E-state index in [1.807, 2.05) is 19.9 Å². The smallest absolute Gasteiger partial charge is 0.0489 e. The van der Waals surface area contributed by atoms with Crippen LogP contribution in [0.2, 0.25) is 0 Å². The Bertz CT molecular complexity index is 164. The van der Waals surface area contributed by atoms with Gasteiger partial charge in [-0.25, -0.2) is 4.98 Å². The predicted molar refractivity (Wildman–Crippen MR) is 31.4 cm³/mol. The summed E-state index contributed by atoms with van der Waals surface area (Å²) in [6.07, 6.45) is 2.65. The molecule has 1 nitrogen and oxygen atoms in total. The third-order valence-electron chi connectivity index (χ3n) is 0.911. The molecule has 0 spiro atoms. The van der Waals surface area contributed by atoms with Crippen LogP contribution in [0.1, 0.15) is 11.3 Å². The first kappa shape index (κ1) is 5.11. The summed E-state index contributed by atoms with van der Waals surface area (Å²) in [5.41, 5.74) is 2.10. The van der Waals surface area contributed by atoms with Crippen LogP contribution in [-0.4, -0.2) is 4.98 Å². The molecule has 0 N–H and O–H groups in total. The molecule has 1 aromatic heterocycles. The lowest BCUT2D eigenvalue weighted by Crippen LogP contribution is -1.75. The fourth-order valence-electron chi connectivity index (χ4n) is 0.586. The summed E-state index contributed by atoms with van der Waals surface area (Å²) in [6.45, 7) is 3.92. The Morgan fingerprint density at radius 3 is 2.62 bits per heavy atom. The van der Waals surface area contributed by atoms with E-state index in [1.54, 1.807) is 0 Å². The fourth-order valence-corrected chi connectivity index (χ4v) is 0.586. The summed E-state index contributed by atoms with van der Waals surface area (Å²) in [5, 5.41) is 0. The zero-order valence-corrected chi connectivity index (χ0v) is 5.02. The SMILES string of the molecule is Cc1c#cnc(C)c1. The molecule has 0 aliphatic rings. The molecule has 0 fully saturated rings.